The van der Waals surface area contributed by atoms with E-state index in [1.807, 2.05) is 23.6 Å². The lowest BCUT2D eigenvalue weighted by atomic mass is 10.0. The molecule has 1 aromatic carbocycles. The second-order valence-electron chi connectivity index (χ2n) is 4.36. The lowest BCUT2D eigenvalue weighted by molar-refractivity contribution is 0.869. The smallest absolute Gasteiger partial charge is 0.0888 e. The number of thiophene rings is 1. The van der Waals surface area contributed by atoms with Gasteiger partial charge in [-0.25, -0.2) is 0 Å². The highest BCUT2D eigenvalue weighted by molar-refractivity contribution is 7.25. The molecule has 0 unspecified atom stereocenters. The van der Waals surface area contributed by atoms with Crippen molar-refractivity contribution in [1.82, 2.24) is 4.98 Å². The molecular formula is C14H13NS. The molecule has 0 aliphatic heterocycles. The number of hydrogen-bond acceptors (Lipinski definition) is 2. The van der Waals surface area contributed by atoms with Crippen molar-refractivity contribution in [2.45, 2.75) is 19.8 Å². The minimum atomic E-state index is 0.586. The van der Waals surface area contributed by atoms with Gasteiger partial charge >= 0.3 is 0 Å². The van der Waals surface area contributed by atoms with Crippen LogP contribution in [0.2, 0.25) is 0 Å². The first-order valence-corrected chi connectivity index (χ1v) is 6.34. The quantitative estimate of drug-likeness (QED) is 0.593. The lowest BCUT2D eigenvalue weighted by Gasteiger charge is -2.03. The van der Waals surface area contributed by atoms with Crippen molar-refractivity contribution in [3.8, 4) is 0 Å². The summed E-state index contributed by atoms with van der Waals surface area (Å²) in [5.74, 6) is 0.586. The minimum Gasteiger partial charge on any atom is -0.255 e. The van der Waals surface area contributed by atoms with Crippen LogP contribution >= 0.6 is 11.3 Å². The summed E-state index contributed by atoms with van der Waals surface area (Å²) < 4.78 is 2.62. The van der Waals surface area contributed by atoms with E-state index in [1.54, 1.807) is 0 Å². The zero-order valence-corrected chi connectivity index (χ0v) is 10.2. The Labute approximate surface area is 98.7 Å². The molecule has 0 radical (unpaired) electrons. The van der Waals surface area contributed by atoms with Crippen LogP contribution in [0.1, 0.15) is 25.3 Å². The summed E-state index contributed by atoms with van der Waals surface area (Å²) in [5.41, 5.74) is 2.54. The van der Waals surface area contributed by atoms with E-state index in [1.165, 1.54) is 20.3 Å². The Morgan fingerprint density at radius 1 is 1.12 bits per heavy atom. The van der Waals surface area contributed by atoms with Gasteiger partial charge in [-0.3, -0.25) is 4.98 Å². The van der Waals surface area contributed by atoms with Gasteiger partial charge in [0.1, 0.15) is 0 Å². The maximum atomic E-state index is 4.45. The summed E-state index contributed by atoms with van der Waals surface area (Å²) in [6.45, 7) is 4.46. The van der Waals surface area contributed by atoms with Crippen molar-refractivity contribution in [3.05, 3.63) is 42.1 Å². The first-order valence-electron chi connectivity index (χ1n) is 5.53. The van der Waals surface area contributed by atoms with Crippen LogP contribution in [-0.2, 0) is 0 Å². The van der Waals surface area contributed by atoms with Crippen molar-refractivity contribution in [1.29, 1.82) is 0 Å². The molecule has 3 rings (SSSR count). The van der Waals surface area contributed by atoms with Crippen molar-refractivity contribution in [2.24, 2.45) is 0 Å². The number of fused-ring (bicyclic) bond motifs is 3. The van der Waals surface area contributed by atoms with Gasteiger partial charge in [-0.15, -0.1) is 11.3 Å². The molecule has 3 aromatic rings. The predicted molar refractivity (Wildman–Crippen MR) is 71.2 cm³/mol. The predicted octanol–water partition coefficient (Wildman–Crippen LogP) is 4.57. The first kappa shape index (κ1) is 9.79. The Balaban J connectivity index is 2.37. The lowest BCUT2D eigenvalue weighted by Crippen LogP contribution is -1.84. The summed E-state index contributed by atoms with van der Waals surface area (Å²) in [4.78, 5) is 4.45. The zero-order valence-electron chi connectivity index (χ0n) is 9.40. The molecular weight excluding hydrogens is 214 g/mol. The fourth-order valence-corrected chi connectivity index (χ4v) is 3.08. The molecule has 2 heteroatoms. The van der Waals surface area contributed by atoms with Crippen LogP contribution in [-0.4, -0.2) is 4.98 Å². The highest BCUT2D eigenvalue weighted by Crippen LogP contribution is 2.33. The number of pyridine rings is 1. The molecule has 2 heterocycles. The van der Waals surface area contributed by atoms with E-state index in [9.17, 15) is 0 Å². The molecule has 0 N–H and O–H groups in total. The fourth-order valence-electron chi connectivity index (χ4n) is 1.97. The average Bonchev–Trinajstić information content (AvgIpc) is 2.66. The highest BCUT2D eigenvalue weighted by atomic mass is 32.1. The van der Waals surface area contributed by atoms with E-state index in [0.29, 0.717) is 5.92 Å². The van der Waals surface area contributed by atoms with Crippen LogP contribution in [0.4, 0.5) is 0 Å². The van der Waals surface area contributed by atoms with Crippen molar-refractivity contribution in [2.75, 3.05) is 0 Å². The third-order valence-corrected chi connectivity index (χ3v) is 4.03. The van der Waals surface area contributed by atoms with Crippen LogP contribution in [0.3, 0.4) is 0 Å². The third-order valence-electron chi connectivity index (χ3n) is 2.92. The van der Waals surface area contributed by atoms with Crippen molar-refractivity contribution in [3.63, 3.8) is 0 Å². The first-order chi connectivity index (χ1) is 7.75. The summed E-state index contributed by atoms with van der Waals surface area (Å²) >= 11 is 1.83. The molecule has 0 bridgehead atoms. The van der Waals surface area contributed by atoms with Gasteiger partial charge in [-0.05, 0) is 29.7 Å². The van der Waals surface area contributed by atoms with E-state index < -0.39 is 0 Å². The molecule has 16 heavy (non-hydrogen) atoms. The molecule has 1 nitrogen and oxygen atoms in total. The van der Waals surface area contributed by atoms with Gasteiger partial charge in [0.15, 0.2) is 0 Å². The molecule has 0 fully saturated rings. The SMILES string of the molecule is CC(C)c1ccc2c(c1)sc1cccnc12. The van der Waals surface area contributed by atoms with Crippen molar-refractivity contribution >= 4 is 31.6 Å². The number of rotatable bonds is 1. The maximum absolute atomic E-state index is 4.45. The number of hydrogen-bond donors (Lipinski definition) is 0. The molecule has 0 atom stereocenters. The van der Waals surface area contributed by atoms with Crippen LogP contribution in [0.15, 0.2) is 36.5 Å². The normalized spacial score (nSPS) is 11.7. The molecule has 0 saturated carbocycles. The monoisotopic (exact) mass is 227 g/mol. The van der Waals surface area contributed by atoms with Gasteiger partial charge in [-0.2, -0.15) is 0 Å². The van der Waals surface area contributed by atoms with Gasteiger partial charge in [0.2, 0.25) is 0 Å². The van der Waals surface area contributed by atoms with E-state index in [-0.39, 0.29) is 0 Å². The number of nitrogens with zero attached hydrogens (tertiary/aromatic N) is 1. The number of aromatic nitrogens is 1. The summed E-state index contributed by atoms with van der Waals surface area (Å²) in [6.07, 6.45) is 1.87. The highest BCUT2D eigenvalue weighted by Gasteiger charge is 2.07. The second-order valence-corrected chi connectivity index (χ2v) is 5.45. The Morgan fingerprint density at radius 2 is 2.00 bits per heavy atom. The minimum absolute atomic E-state index is 0.586. The largest absolute Gasteiger partial charge is 0.255 e. The second kappa shape index (κ2) is 3.56. The van der Waals surface area contributed by atoms with E-state index in [2.05, 4.69) is 43.1 Å². The summed E-state index contributed by atoms with van der Waals surface area (Å²) in [6, 6.07) is 10.9. The van der Waals surface area contributed by atoms with Gasteiger partial charge in [0.05, 0.1) is 10.2 Å². The van der Waals surface area contributed by atoms with Gasteiger partial charge in [-0.1, -0.05) is 26.0 Å². The summed E-state index contributed by atoms with van der Waals surface area (Å²) in [7, 11) is 0. The molecule has 2 aromatic heterocycles. The fraction of sp³-hybridized carbons (Fsp3) is 0.214. The maximum Gasteiger partial charge on any atom is 0.0888 e. The van der Waals surface area contributed by atoms with E-state index in [4.69, 9.17) is 0 Å². The van der Waals surface area contributed by atoms with Crippen LogP contribution in [0.5, 0.6) is 0 Å². The van der Waals surface area contributed by atoms with E-state index in [0.717, 1.165) is 5.52 Å². The molecule has 0 spiro atoms. The summed E-state index contributed by atoms with van der Waals surface area (Å²) in [5, 5.41) is 1.28. The van der Waals surface area contributed by atoms with Crippen LogP contribution in [0, 0.1) is 0 Å². The molecule has 0 amide bonds. The molecule has 0 aliphatic rings. The molecule has 80 valence electrons. The van der Waals surface area contributed by atoms with Gasteiger partial charge in [0, 0.05) is 16.3 Å². The number of benzene rings is 1. The van der Waals surface area contributed by atoms with Crippen LogP contribution in [0.25, 0.3) is 20.3 Å². The van der Waals surface area contributed by atoms with Gasteiger partial charge in [0.25, 0.3) is 0 Å². The topological polar surface area (TPSA) is 12.9 Å². The van der Waals surface area contributed by atoms with E-state index >= 15 is 0 Å². The molecule has 0 saturated heterocycles. The Morgan fingerprint density at radius 3 is 2.81 bits per heavy atom. The van der Waals surface area contributed by atoms with Crippen LogP contribution < -0.4 is 0 Å². The third kappa shape index (κ3) is 1.41. The zero-order chi connectivity index (χ0) is 11.1. The average molecular weight is 227 g/mol. The standard InChI is InChI=1S/C14H13NS/c1-9(2)10-5-6-11-13(8-10)16-12-4-3-7-15-14(11)12/h3-9H,1-2H3. The Bertz CT molecular complexity index is 652. The van der Waals surface area contributed by atoms with Crippen molar-refractivity contribution < 1.29 is 0 Å². The van der Waals surface area contributed by atoms with Gasteiger partial charge < -0.3 is 0 Å². The Kier molecular flexibility index (Phi) is 2.18. The Hall–Kier alpha value is -1.41. The molecule has 0 aliphatic carbocycles.